The van der Waals surface area contributed by atoms with E-state index in [9.17, 15) is 15.3 Å². The minimum atomic E-state index is -0.826. The molecular weight excluding hydrogens is 424 g/mol. The van der Waals surface area contributed by atoms with Crippen LogP contribution in [0, 0.1) is 45.3 Å². The molecular formula is C30H52O4. The first-order chi connectivity index (χ1) is 15.5. The summed E-state index contributed by atoms with van der Waals surface area (Å²) < 4.78 is 6.66. The molecule has 0 unspecified atom stereocenters. The van der Waals surface area contributed by atoms with Gasteiger partial charge in [-0.2, -0.15) is 0 Å². The summed E-state index contributed by atoms with van der Waals surface area (Å²) in [6, 6.07) is 0. The minimum Gasteiger partial charge on any atom is -0.393 e. The zero-order valence-electron chi connectivity index (χ0n) is 23.2. The van der Waals surface area contributed by atoms with E-state index in [2.05, 4.69) is 41.5 Å². The first kappa shape index (κ1) is 25.5. The molecule has 0 aromatic rings. The molecule has 4 heteroatoms. The number of fused-ring (bicyclic) bond motifs is 5. The maximum absolute atomic E-state index is 11.9. The predicted octanol–water partition coefficient (Wildman–Crippen LogP) is 5.71. The van der Waals surface area contributed by atoms with Gasteiger partial charge in [0.2, 0.25) is 0 Å². The summed E-state index contributed by atoms with van der Waals surface area (Å²) in [5.74, 6) is 1.59. The molecule has 1 aliphatic heterocycles. The Morgan fingerprint density at radius 1 is 0.765 bits per heavy atom. The van der Waals surface area contributed by atoms with E-state index in [1.165, 1.54) is 12.8 Å². The average Bonchev–Trinajstić information content (AvgIpc) is 3.30. The quantitative estimate of drug-likeness (QED) is 0.477. The largest absolute Gasteiger partial charge is 0.393 e. The molecule has 0 spiro atoms. The Labute approximate surface area is 208 Å². The van der Waals surface area contributed by atoms with Crippen LogP contribution in [0.1, 0.15) is 113 Å². The molecule has 4 aliphatic carbocycles. The normalized spacial score (nSPS) is 57.1. The van der Waals surface area contributed by atoms with Gasteiger partial charge in [-0.25, -0.2) is 0 Å². The van der Waals surface area contributed by atoms with Gasteiger partial charge in [0.25, 0.3) is 0 Å². The highest BCUT2D eigenvalue weighted by Gasteiger charge is 2.71. The van der Waals surface area contributed by atoms with Gasteiger partial charge in [-0.05, 0) is 124 Å². The van der Waals surface area contributed by atoms with Gasteiger partial charge in [0.1, 0.15) is 0 Å². The van der Waals surface area contributed by atoms with Gasteiger partial charge in [-0.15, -0.1) is 0 Å². The van der Waals surface area contributed by atoms with Crippen molar-refractivity contribution in [1.82, 2.24) is 0 Å². The lowest BCUT2D eigenvalue weighted by Gasteiger charge is -2.70. The van der Waals surface area contributed by atoms with E-state index in [0.29, 0.717) is 17.8 Å². The molecule has 5 aliphatic rings. The number of hydrogen-bond acceptors (Lipinski definition) is 4. The lowest BCUT2D eigenvalue weighted by Crippen LogP contribution is -2.66. The second-order valence-electron chi connectivity index (χ2n) is 15.4. The van der Waals surface area contributed by atoms with Crippen molar-refractivity contribution in [3.8, 4) is 0 Å². The summed E-state index contributed by atoms with van der Waals surface area (Å²) in [6.45, 7) is 18.1. The molecule has 34 heavy (non-hydrogen) atoms. The first-order valence-corrected chi connectivity index (χ1v) is 14.3. The standard InChI is InChI=1S/C30H52O4/c1-25(2)20-10-15-28(6)21(27(20,5)13-11-22(25)32)17-19(31)24-18(9-14-29(24,28)7)30(8)16-12-23(34-30)26(3,4)33/h18-24,31-33H,9-17H2,1-8H3/t18-,19+,20-,21+,22+,23-,24-,27-,28+,29+,30+/m0/s1. The minimum absolute atomic E-state index is 0.0630. The summed E-state index contributed by atoms with van der Waals surface area (Å²) >= 11 is 0. The van der Waals surface area contributed by atoms with E-state index >= 15 is 0 Å². The Hall–Kier alpha value is -0.160. The highest BCUT2D eigenvalue weighted by molar-refractivity contribution is 5.20. The molecule has 11 atom stereocenters. The van der Waals surface area contributed by atoms with E-state index in [1.54, 1.807) is 0 Å². The molecule has 196 valence electrons. The molecule has 0 aromatic carbocycles. The average molecular weight is 477 g/mol. The molecule has 0 amide bonds. The third-order valence-corrected chi connectivity index (χ3v) is 13.3. The molecule has 5 fully saturated rings. The van der Waals surface area contributed by atoms with Crippen molar-refractivity contribution in [2.75, 3.05) is 0 Å². The van der Waals surface area contributed by atoms with Crippen LogP contribution in [0.5, 0.6) is 0 Å². The Kier molecular flexibility index (Phi) is 5.59. The van der Waals surface area contributed by atoms with Gasteiger partial charge in [0.05, 0.1) is 29.5 Å². The fraction of sp³-hybridized carbons (Fsp3) is 1.00. The van der Waals surface area contributed by atoms with Crippen LogP contribution >= 0.6 is 0 Å². The van der Waals surface area contributed by atoms with Crippen LogP contribution in [0.4, 0.5) is 0 Å². The second kappa shape index (κ2) is 7.45. The second-order valence-corrected chi connectivity index (χ2v) is 15.4. The monoisotopic (exact) mass is 476 g/mol. The van der Waals surface area contributed by atoms with Crippen LogP contribution in [0.15, 0.2) is 0 Å². The zero-order chi connectivity index (χ0) is 25.1. The van der Waals surface area contributed by atoms with Crippen molar-refractivity contribution in [3.05, 3.63) is 0 Å². The molecule has 5 rings (SSSR count). The first-order valence-electron chi connectivity index (χ1n) is 14.3. The van der Waals surface area contributed by atoms with Crippen molar-refractivity contribution in [1.29, 1.82) is 0 Å². The lowest BCUT2D eigenvalue weighted by molar-refractivity contribution is -0.248. The van der Waals surface area contributed by atoms with Crippen molar-refractivity contribution < 1.29 is 20.1 Å². The van der Waals surface area contributed by atoms with Gasteiger partial charge < -0.3 is 20.1 Å². The van der Waals surface area contributed by atoms with Crippen molar-refractivity contribution >= 4 is 0 Å². The lowest BCUT2D eigenvalue weighted by atomic mass is 9.35. The van der Waals surface area contributed by atoms with Crippen LogP contribution in [-0.2, 0) is 4.74 Å². The summed E-state index contributed by atoms with van der Waals surface area (Å²) in [6.07, 6.45) is 8.72. The Balaban J connectivity index is 1.48. The van der Waals surface area contributed by atoms with Crippen LogP contribution < -0.4 is 0 Å². The van der Waals surface area contributed by atoms with E-state index < -0.39 is 5.60 Å². The van der Waals surface area contributed by atoms with Crippen molar-refractivity contribution in [2.24, 2.45) is 45.3 Å². The van der Waals surface area contributed by atoms with E-state index in [-0.39, 0.29) is 51.5 Å². The third-order valence-electron chi connectivity index (χ3n) is 13.3. The zero-order valence-corrected chi connectivity index (χ0v) is 23.2. The van der Waals surface area contributed by atoms with E-state index in [1.807, 2.05) is 13.8 Å². The molecule has 4 nitrogen and oxygen atoms in total. The van der Waals surface area contributed by atoms with Gasteiger partial charge in [0.15, 0.2) is 0 Å². The smallest absolute Gasteiger partial charge is 0.0865 e. The van der Waals surface area contributed by atoms with Crippen LogP contribution in [0.25, 0.3) is 0 Å². The van der Waals surface area contributed by atoms with E-state index in [4.69, 9.17) is 4.74 Å². The van der Waals surface area contributed by atoms with Gasteiger partial charge >= 0.3 is 0 Å². The topological polar surface area (TPSA) is 69.9 Å². The van der Waals surface area contributed by atoms with Crippen molar-refractivity contribution in [3.63, 3.8) is 0 Å². The van der Waals surface area contributed by atoms with Gasteiger partial charge in [-0.1, -0.05) is 34.6 Å². The van der Waals surface area contributed by atoms with Gasteiger partial charge in [0, 0.05) is 0 Å². The maximum Gasteiger partial charge on any atom is 0.0865 e. The number of hydrogen-bond donors (Lipinski definition) is 3. The fourth-order valence-corrected chi connectivity index (χ4v) is 11.1. The number of ether oxygens (including phenoxy) is 1. The molecule has 3 N–H and O–H groups in total. The fourth-order valence-electron chi connectivity index (χ4n) is 11.1. The highest BCUT2D eigenvalue weighted by atomic mass is 16.5. The Bertz CT molecular complexity index is 817. The van der Waals surface area contributed by atoms with Gasteiger partial charge in [-0.3, -0.25) is 0 Å². The molecule has 1 heterocycles. The third kappa shape index (κ3) is 3.16. The highest BCUT2D eigenvalue weighted by Crippen LogP contribution is 2.76. The summed E-state index contributed by atoms with van der Waals surface area (Å²) in [5, 5.41) is 33.4. The van der Waals surface area contributed by atoms with Crippen LogP contribution in [0.3, 0.4) is 0 Å². The number of aliphatic hydroxyl groups is 3. The number of rotatable bonds is 2. The van der Waals surface area contributed by atoms with Crippen LogP contribution in [-0.4, -0.2) is 44.8 Å². The summed E-state index contributed by atoms with van der Waals surface area (Å²) in [4.78, 5) is 0. The molecule has 4 saturated carbocycles. The van der Waals surface area contributed by atoms with Crippen molar-refractivity contribution in [2.45, 2.75) is 143 Å². The molecule has 0 aromatic heterocycles. The molecule has 1 saturated heterocycles. The van der Waals surface area contributed by atoms with Crippen LogP contribution in [0.2, 0.25) is 0 Å². The van der Waals surface area contributed by atoms with E-state index in [0.717, 1.165) is 44.9 Å². The Morgan fingerprint density at radius 3 is 2.03 bits per heavy atom. The Morgan fingerprint density at radius 2 is 1.41 bits per heavy atom. The predicted molar refractivity (Wildman–Crippen MR) is 135 cm³/mol. The SMILES string of the molecule is CC(C)(O)[C@@H]1CC[C@](C)([C@H]2CC[C@]3(C)[C@@H]2[C@H](O)C[C@@H]2[C@@]4(C)CC[C@@H](O)C(C)(C)[C@@H]4CC[C@]23C)O1. The molecule has 0 radical (unpaired) electrons. The molecule has 0 bridgehead atoms. The maximum atomic E-state index is 11.9. The number of aliphatic hydroxyl groups excluding tert-OH is 2. The summed E-state index contributed by atoms with van der Waals surface area (Å²) in [7, 11) is 0. The summed E-state index contributed by atoms with van der Waals surface area (Å²) in [5.41, 5.74) is -0.703.